The number of benzene rings is 1. The van der Waals surface area contributed by atoms with Crippen LogP contribution in [0.15, 0.2) is 48.7 Å². The van der Waals surface area contributed by atoms with Crippen molar-refractivity contribution in [2.24, 2.45) is 0 Å². The fourth-order valence-electron chi connectivity index (χ4n) is 3.18. The van der Waals surface area contributed by atoms with Gasteiger partial charge in [-0.05, 0) is 55.8 Å². The molecule has 0 aliphatic heterocycles. The van der Waals surface area contributed by atoms with Crippen LogP contribution in [0.1, 0.15) is 40.5 Å². The number of rotatable bonds is 6. The van der Waals surface area contributed by atoms with Crippen LogP contribution in [0.25, 0.3) is 5.52 Å². The first-order valence-corrected chi connectivity index (χ1v) is 8.40. The number of ketones is 1. The van der Waals surface area contributed by atoms with Gasteiger partial charge in [0.25, 0.3) is 0 Å². The van der Waals surface area contributed by atoms with Crippen LogP contribution in [-0.2, 0) is 6.42 Å². The summed E-state index contributed by atoms with van der Waals surface area (Å²) < 4.78 is 7.46. The van der Waals surface area contributed by atoms with Crippen molar-refractivity contribution in [2.45, 2.75) is 26.7 Å². The molecular weight excluding hydrogens is 312 g/mol. The summed E-state index contributed by atoms with van der Waals surface area (Å²) in [6.07, 6.45) is 3.01. The lowest BCUT2D eigenvalue weighted by atomic mass is 9.99. The minimum atomic E-state index is -0.00699. The number of ether oxygens (including phenoxy) is 1. The van der Waals surface area contributed by atoms with E-state index in [1.807, 2.05) is 54.8 Å². The highest BCUT2D eigenvalue weighted by Crippen LogP contribution is 2.27. The number of aromatic nitrogens is 1. The monoisotopic (exact) mass is 332 g/mol. The molecule has 1 aromatic carbocycles. The zero-order valence-electron chi connectivity index (χ0n) is 14.5. The zero-order valence-corrected chi connectivity index (χ0v) is 14.5. The largest absolute Gasteiger partial charge is 0.494 e. The maximum atomic E-state index is 13.1. The van der Waals surface area contributed by atoms with Crippen LogP contribution in [0.4, 0.5) is 0 Å². The Labute approximate surface area is 147 Å². The molecular formula is C21H20N2O2. The molecule has 0 fully saturated rings. The second-order valence-corrected chi connectivity index (χ2v) is 5.85. The lowest BCUT2D eigenvalue weighted by molar-refractivity contribution is 0.104. The van der Waals surface area contributed by atoms with E-state index in [1.165, 1.54) is 0 Å². The quantitative estimate of drug-likeness (QED) is 0.631. The number of aryl methyl sites for hydroxylation is 1. The Morgan fingerprint density at radius 2 is 1.96 bits per heavy atom. The Morgan fingerprint density at radius 1 is 1.20 bits per heavy atom. The van der Waals surface area contributed by atoms with Crippen molar-refractivity contribution in [1.82, 2.24) is 4.40 Å². The van der Waals surface area contributed by atoms with Crippen LogP contribution < -0.4 is 4.74 Å². The summed E-state index contributed by atoms with van der Waals surface area (Å²) in [5, 5.41) is 8.92. The molecule has 3 rings (SSSR count). The van der Waals surface area contributed by atoms with Gasteiger partial charge in [-0.2, -0.15) is 5.26 Å². The summed E-state index contributed by atoms with van der Waals surface area (Å²) in [7, 11) is 0. The van der Waals surface area contributed by atoms with Gasteiger partial charge < -0.3 is 9.14 Å². The highest BCUT2D eigenvalue weighted by Gasteiger charge is 2.21. The summed E-state index contributed by atoms with van der Waals surface area (Å²) in [5.74, 6) is 0.750. The molecule has 0 amide bonds. The summed E-state index contributed by atoms with van der Waals surface area (Å²) in [6.45, 7) is 4.48. The number of carbonyl (C=O) groups is 1. The molecule has 4 heteroatoms. The van der Waals surface area contributed by atoms with Gasteiger partial charge in [0.15, 0.2) is 5.78 Å². The van der Waals surface area contributed by atoms with Gasteiger partial charge in [0, 0.05) is 30.3 Å². The maximum absolute atomic E-state index is 13.1. The van der Waals surface area contributed by atoms with Crippen molar-refractivity contribution in [3.05, 3.63) is 71.0 Å². The molecule has 4 nitrogen and oxygen atoms in total. The van der Waals surface area contributed by atoms with Crippen LogP contribution in [0.3, 0.4) is 0 Å². The zero-order chi connectivity index (χ0) is 17.8. The molecule has 0 radical (unpaired) electrons. The molecule has 0 atom stereocenters. The SMILES string of the molecule is CCOc1ccc(C(=O)c2c(C)c(CCC#N)n3ccccc23)cc1. The van der Waals surface area contributed by atoms with Gasteiger partial charge in [-0.3, -0.25) is 4.79 Å². The van der Waals surface area contributed by atoms with E-state index in [-0.39, 0.29) is 5.78 Å². The van der Waals surface area contributed by atoms with E-state index in [2.05, 4.69) is 6.07 Å². The van der Waals surface area contributed by atoms with Crippen LogP contribution in [0, 0.1) is 18.3 Å². The van der Waals surface area contributed by atoms with Gasteiger partial charge in [0.2, 0.25) is 0 Å². The maximum Gasteiger partial charge on any atom is 0.195 e. The number of pyridine rings is 1. The van der Waals surface area contributed by atoms with Crippen molar-refractivity contribution >= 4 is 11.3 Å². The van der Waals surface area contributed by atoms with Crippen LogP contribution in [-0.4, -0.2) is 16.8 Å². The van der Waals surface area contributed by atoms with Crippen molar-refractivity contribution in [1.29, 1.82) is 5.26 Å². The summed E-state index contributed by atoms with van der Waals surface area (Å²) in [4.78, 5) is 13.1. The third kappa shape index (κ3) is 3.14. The molecule has 0 saturated heterocycles. The summed E-state index contributed by atoms with van der Waals surface area (Å²) >= 11 is 0. The van der Waals surface area contributed by atoms with E-state index < -0.39 is 0 Å². The number of fused-ring (bicyclic) bond motifs is 1. The minimum Gasteiger partial charge on any atom is -0.494 e. The highest BCUT2D eigenvalue weighted by molar-refractivity contribution is 6.14. The lowest BCUT2D eigenvalue weighted by Gasteiger charge is -2.05. The van der Waals surface area contributed by atoms with Crippen molar-refractivity contribution in [2.75, 3.05) is 6.61 Å². The van der Waals surface area contributed by atoms with Gasteiger partial charge in [-0.25, -0.2) is 0 Å². The number of carbonyl (C=O) groups excluding carboxylic acids is 1. The molecule has 0 bridgehead atoms. The Hall–Kier alpha value is -3.06. The molecule has 2 heterocycles. The van der Waals surface area contributed by atoms with E-state index in [4.69, 9.17) is 10.00 Å². The Kier molecular flexibility index (Phi) is 4.85. The Bertz CT molecular complexity index is 946. The second-order valence-electron chi connectivity index (χ2n) is 5.85. The fraction of sp³-hybridized carbons (Fsp3) is 0.238. The van der Waals surface area contributed by atoms with Gasteiger partial charge >= 0.3 is 0 Å². The lowest BCUT2D eigenvalue weighted by Crippen LogP contribution is -2.03. The molecule has 25 heavy (non-hydrogen) atoms. The molecule has 126 valence electrons. The summed E-state index contributed by atoms with van der Waals surface area (Å²) in [6, 6.07) is 15.2. The van der Waals surface area contributed by atoms with Crippen LogP contribution in [0.5, 0.6) is 5.75 Å². The van der Waals surface area contributed by atoms with E-state index in [0.717, 1.165) is 22.5 Å². The molecule has 0 saturated carbocycles. The van der Waals surface area contributed by atoms with Crippen LogP contribution in [0.2, 0.25) is 0 Å². The predicted molar refractivity (Wildman–Crippen MR) is 97.1 cm³/mol. The molecule has 0 unspecified atom stereocenters. The molecule has 3 aromatic rings. The minimum absolute atomic E-state index is 0.00699. The van der Waals surface area contributed by atoms with Crippen molar-refractivity contribution in [3.8, 4) is 11.8 Å². The average molecular weight is 332 g/mol. The average Bonchev–Trinajstić information content (AvgIpc) is 2.92. The third-order valence-electron chi connectivity index (χ3n) is 4.34. The van der Waals surface area contributed by atoms with Gasteiger partial charge in [0.05, 0.1) is 23.8 Å². The van der Waals surface area contributed by atoms with Gasteiger partial charge in [0.1, 0.15) is 5.75 Å². The molecule has 0 spiro atoms. The first kappa shape index (κ1) is 16.8. The first-order valence-electron chi connectivity index (χ1n) is 8.40. The van der Waals surface area contributed by atoms with Crippen LogP contribution >= 0.6 is 0 Å². The Balaban J connectivity index is 2.07. The predicted octanol–water partition coefficient (Wildman–Crippen LogP) is 4.33. The first-order chi connectivity index (χ1) is 12.2. The molecule has 2 aromatic heterocycles. The van der Waals surface area contributed by atoms with Gasteiger partial charge in [-0.15, -0.1) is 0 Å². The topological polar surface area (TPSA) is 54.5 Å². The second kappa shape index (κ2) is 7.23. The highest BCUT2D eigenvalue weighted by atomic mass is 16.5. The van der Waals surface area contributed by atoms with E-state index in [9.17, 15) is 4.79 Å². The fourth-order valence-corrected chi connectivity index (χ4v) is 3.18. The molecule has 0 aliphatic rings. The third-order valence-corrected chi connectivity index (χ3v) is 4.34. The summed E-state index contributed by atoms with van der Waals surface area (Å²) in [5.41, 5.74) is 4.19. The number of nitriles is 1. The van der Waals surface area contributed by atoms with E-state index >= 15 is 0 Å². The number of hydrogen-bond donors (Lipinski definition) is 0. The normalized spacial score (nSPS) is 10.6. The van der Waals surface area contributed by atoms with Crippen molar-refractivity contribution < 1.29 is 9.53 Å². The molecule has 0 N–H and O–H groups in total. The standard InChI is InChI=1S/C21H20N2O2/c1-3-25-17-11-9-16(10-12-17)21(24)20-15(2)18(8-6-13-22)23-14-5-4-7-19(20)23/h4-5,7,9-12,14H,3,6,8H2,1-2H3. The number of hydrogen-bond acceptors (Lipinski definition) is 3. The van der Waals surface area contributed by atoms with Gasteiger partial charge in [-0.1, -0.05) is 6.07 Å². The van der Waals surface area contributed by atoms with E-state index in [1.54, 1.807) is 12.1 Å². The number of nitrogens with zero attached hydrogens (tertiary/aromatic N) is 2. The van der Waals surface area contributed by atoms with E-state index in [0.29, 0.717) is 30.6 Å². The molecule has 0 aliphatic carbocycles. The smallest absolute Gasteiger partial charge is 0.195 e. The van der Waals surface area contributed by atoms with Crippen molar-refractivity contribution in [3.63, 3.8) is 0 Å². The Morgan fingerprint density at radius 3 is 2.64 bits per heavy atom.